The fourth-order valence-electron chi connectivity index (χ4n) is 2.34. The molecule has 0 aliphatic rings. The Morgan fingerprint density at radius 1 is 0.690 bits per heavy atom. The second-order valence-corrected chi connectivity index (χ2v) is 5.85. The lowest BCUT2D eigenvalue weighted by molar-refractivity contribution is 0.0713. The van der Waals surface area contributed by atoms with E-state index in [0.29, 0.717) is 6.29 Å². The molecule has 3 aromatic rings. The van der Waals surface area contributed by atoms with Crippen LogP contribution in [0.1, 0.15) is 31.1 Å². The zero-order valence-corrected chi connectivity index (χ0v) is 14.7. The molecule has 3 N–H and O–H groups in total. The average molecular weight is 394 g/mol. The summed E-state index contributed by atoms with van der Waals surface area (Å²) in [5.74, 6) is -2.79. The molecule has 0 aliphatic carbocycles. The smallest absolute Gasteiger partial charge is 0.343 e. The van der Waals surface area contributed by atoms with Gasteiger partial charge in [-0.3, -0.25) is 4.79 Å². The van der Waals surface area contributed by atoms with Crippen LogP contribution in [-0.4, -0.2) is 33.5 Å². The number of phenols is 3. The lowest BCUT2D eigenvalue weighted by Crippen LogP contribution is -2.11. The molecular formula is C21H14O8. The van der Waals surface area contributed by atoms with E-state index in [1.807, 2.05) is 0 Å². The molecule has 0 atom stereocenters. The van der Waals surface area contributed by atoms with Gasteiger partial charge < -0.3 is 24.8 Å². The molecule has 8 heteroatoms. The summed E-state index contributed by atoms with van der Waals surface area (Å²) in [5.41, 5.74) is 0.0862. The molecule has 3 aromatic carbocycles. The molecule has 0 spiro atoms. The number of phenolic OH excluding ortho intramolecular Hbond substituents is 3. The van der Waals surface area contributed by atoms with Gasteiger partial charge in [-0.15, -0.1) is 0 Å². The number of benzene rings is 3. The first-order chi connectivity index (χ1) is 13.9. The van der Waals surface area contributed by atoms with Gasteiger partial charge in [-0.05, 0) is 54.6 Å². The lowest BCUT2D eigenvalue weighted by atomic mass is 10.1. The topological polar surface area (TPSA) is 130 Å². The molecule has 0 radical (unpaired) electrons. The number of hydrogen-bond acceptors (Lipinski definition) is 8. The molecule has 0 saturated carbocycles. The van der Waals surface area contributed by atoms with Crippen LogP contribution in [0.2, 0.25) is 0 Å². The van der Waals surface area contributed by atoms with Crippen LogP contribution >= 0.6 is 0 Å². The van der Waals surface area contributed by atoms with Gasteiger partial charge in [-0.1, -0.05) is 0 Å². The lowest BCUT2D eigenvalue weighted by Gasteiger charge is -2.11. The van der Waals surface area contributed by atoms with Gasteiger partial charge in [0.1, 0.15) is 17.2 Å². The van der Waals surface area contributed by atoms with Crippen LogP contribution in [0.25, 0.3) is 0 Å². The van der Waals surface area contributed by atoms with E-state index in [2.05, 4.69) is 0 Å². The fraction of sp³-hybridized carbons (Fsp3) is 0. The minimum Gasteiger partial charge on any atom is -0.508 e. The number of aromatic hydroxyl groups is 3. The van der Waals surface area contributed by atoms with Gasteiger partial charge in [0.2, 0.25) is 0 Å². The van der Waals surface area contributed by atoms with E-state index in [0.717, 1.165) is 12.1 Å². The van der Waals surface area contributed by atoms with E-state index in [4.69, 9.17) is 9.47 Å². The van der Waals surface area contributed by atoms with Gasteiger partial charge in [0.05, 0.1) is 16.7 Å². The van der Waals surface area contributed by atoms with Crippen LogP contribution in [0.5, 0.6) is 28.7 Å². The van der Waals surface area contributed by atoms with Gasteiger partial charge in [0.25, 0.3) is 0 Å². The Hall–Kier alpha value is -4.33. The minimum absolute atomic E-state index is 0.0347. The predicted molar refractivity (Wildman–Crippen MR) is 99.6 cm³/mol. The van der Waals surface area contributed by atoms with Gasteiger partial charge >= 0.3 is 11.9 Å². The molecule has 0 amide bonds. The van der Waals surface area contributed by atoms with Crippen LogP contribution in [0.3, 0.4) is 0 Å². The summed E-state index contributed by atoms with van der Waals surface area (Å²) in [6.45, 7) is 0. The van der Waals surface area contributed by atoms with Crippen LogP contribution in [0.15, 0.2) is 60.7 Å². The predicted octanol–water partition coefficient (Wildman–Crippen LogP) is 3.05. The molecule has 0 unspecified atom stereocenters. The number of hydrogen-bond donors (Lipinski definition) is 3. The van der Waals surface area contributed by atoms with Crippen molar-refractivity contribution >= 4 is 18.2 Å². The Morgan fingerprint density at radius 3 is 1.59 bits per heavy atom. The zero-order valence-electron chi connectivity index (χ0n) is 14.7. The van der Waals surface area contributed by atoms with Gasteiger partial charge in [-0.25, -0.2) is 9.59 Å². The monoisotopic (exact) mass is 394 g/mol. The average Bonchev–Trinajstić information content (AvgIpc) is 2.70. The number of ether oxygens (including phenoxy) is 2. The highest BCUT2D eigenvalue weighted by molar-refractivity contribution is 5.94. The standard InChI is InChI=1S/C21H14O8/c22-11-14-9-19(29-21(27)13-3-7-16(24)8-4-13)17(25)10-18(14)28-20(26)12-1-5-15(23)6-2-12/h1-11,23-25H. The second-order valence-electron chi connectivity index (χ2n) is 5.85. The molecule has 0 fully saturated rings. The maximum atomic E-state index is 12.2. The zero-order chi connectivity index (χ0) is 21.0. The SMILES string of the molecule is O=Cc1cc(OC(=O)c2ccc(O)cc2)c(O)cc1OC(=O)c1ccc(O)cc1. The Morgan fingerprint density at radius 2 is 1.14 bits per heavy atom. The Kier molecular flexibility index (Phi) is 5.45. The first kappa shape index (κ1) is 19.4. The summed E-state index contributed by atoms with van der Waals surface area (Å²) in [6.07, 6.45) is 0.372. The summed E-state index contributed by atoms with van der Waals surface area (Å²) in [6, 6.07) is 12.5. The molecule has 3 rings (SSSR count). The third kappa shape index (κ3) is 4.51. The van der Waals surface area contributed by atoms with Crippen LogP contribution in [-0.2, 0) is 0 Å². The Bertz CT molecular complexity index is 1070. The highest BCUT2D eigenvalue weighted by atomic mass is 16.5. The van der Waals surface area contributed by atoms with Crippen molar-refractivity contribution in [1.82, 2.24) is 0 Å². The quantitative estimate of drug-likeness (QED) is 0.342. The first-order valence-electron chi connectivity index (χ1n) is 8.22. The molecule has 0 saturated heterocycles. The van der Waals surface area contributed by atoms with Crippen LogP contribution in [0.4, 0.5) is 0 Å². The van der Waals surface area contributed by atoms with E-state index < -0.39 is 17.7 Å². The highest BCUT2D eigenvalue weighted by Gasteiger charge is 2.18. The second kappa shape index (κ2) is 8.13. The van der Waals surface area contributed by atoms with Gasteiger partial charge in [0.15, 0.2) is 17.8 Å². The summed E-state index contributed by atoms with van der Waals surface area (Å²) >= 11 is 0. The van der Waals surface area contributed by atoms with Crippen molar-refractivity contribution in [3.05, 3.63) is 77.4 Å². The van der Waals surface area contributed by atoms with Crippen molar-refractivity contribution in [2.75, 3.05) is 0 Å². The normalized spacial score (nSPS) is 10.2. The molecule has 29 heavy (non-hydrogen) atoms. The highest BCUT2D eigenvalue weighted by Crippen LogP contribution is 2.34. The van der Waals surface area contributed by atoms with Gasteiger partial charge in [0, 0.05) is 6.07 Å². The number of carbonyl (C=O) groups is 3. The Balaban J connectivity index is 1.82. The van der Waals surface area contributed by atoms with Crippen LogP contribution < -0.4 is 9.47 Å². The minimum atomic E-state index is -0.828. The molecule has 0 aliphatic heterocycles. The van der Waals surface area contributed by atoms with Crippen molar-refractivity contribution < 1.29 is 39.2 Å². The number of rotatable bonds is 5. The van der Waals surface area contributed by atoms with Crippen LogP contribution in [0, 0.1) is 0 Å². The third-order valence-corrected chi connectivity index (χ3v) is 3.83. The summed E-state index contributed by atoms with van der Waals surface area (Å²) < 4.78 is 10.2. The number of aldehydes is 1. The van der Waals surface area contributed by atoms with Gasteiger partial charge in [-0.2, -0.15) is 0 Å². The molecular weight excluding hydrogens is 380 g/mol. The third-order valence-electron chi connectivity index (χ3n) is 3.83. The maximum Gasteiger partial charge on any atom is 0.343 e. The van der Waals surface area contributed by atoms with Crippen molar-refractivity contribution in [2.45, 2.75) is 0 Å². The fourth-order valence-corrected chi connectivity index (χ4v) is 2.34. The van der Waals surface area contributed by atoms with Crippen molar-refractivity contribution in [2.24, 2.45) is 0 Å². The number of carbonyl (C=O) groups excluding carboxylic acids is 3. The number of esters is 2. The van der Waals surface area contributed by atoms with E-state index in [9.17, 15) is 29.7 Å². The summed E-state index contributed by atoms with van der Waals surface area (Å²) in [7, 11) is 0. The van der Waals surface area contributed by atoms with E-state index in [1.165, 1.54) is 48.5 Å². The molecule has 0 aromatic heterocycles. The molecule has 0 heterocycles. The molecule has 0 bridgehead atoms. The largest absolute Gasteiger partial charge is 0.508 e. The van der Waals surface area contributed by atoms with Crippen molar-refractivity contribution in [3.63, 3.8) is 0 Å². The van der Waals surface area contributed by atoms with E-state index in [1.54, 1.807) is 0 Å². The van der Waals surface area contributed by atoms with Crippen molar-refractivity contribution in [3.8, 4) is 28.7 Å². The maximum absolute atomic E-state index is 12.2. The molecule has 146 valence electrons. The summed E-state index contributed by atoms with van der Waals surface area (Å²) in [5, 5.41) is 28.6. The van der Waals surface area contributed by atoms with Crippen molar-refractivity contribution in [1.29, 1.82) is 0 Å². The first-order valence-corrected chi connectivity index (χ1v) is 8.22. The van der Waals surface area contributed by atoms with E-state index >= 15 is 0 Å². The summed E-state index contributed by atoms with van der Waals surface area (Å²) in [4.78, 5) is 35.7. The van der Waals surface area contributed by atoms with E-state index in [-0.39, 0.29) is 39.7 Å². The molecule has 8 nitrogen and oxygen atoms in total. The Labute approximate surface area is 164 Å².